The molecule has 20 heavy (non-hydrogen) atoms. The summed E-state index contributed by atoms with van der Waals surface area (Å²) in [5, 5.41) is 17.9. The summed E-state index contributed by atoms with van der Waals surface area (Å²) in [6.45, 7) is 0.819. The van der Waals surface area contributed by atoms with Crippen LogP contribution in [0.25, 0.3) is 0 Å². The molecule has 3 rings (SSSR count). The Morgan fingerprint density at radius 2 is 2.00 bits per heavy atom. The molecule has 2 atom stereocenters. The number of hydrogen-bond acceptors (Lipinski definition) is 3. The zero-order valence-corrected chi connectivity index (χ0v) is 12.1. The molecule has 2 saturated heterocycles. The lowest BCUT2D eigenvalue weighted by Gasteiger charge is -2.37. The van der Waals surface area contributed by atoms with Crippen LogP contribution < -0.4 is 5.73 Å². The molecule has 0 aromatic heterocycles. The number of rotatable bonds is 3. The lowest BCUT2D eigenvalue weighted by molar-refractivity contribution is 0.0310. The first kappa shape index (κ1) is 13.9. The maximum Gasteiger partial charge on any atom is 0.122 e. The zero-order chi connectivity index (χ0) is 14.3. The highest BCUT2D eigenvalue weighted by molar-refractivity contribution is 6.31. The molecule has 2 fully saturated rings. The first-order valence-electron chi connectivity index (χ1n) is 7.11. The predicted molar refractivity (Wildman–Crippen MR) is 80.1 cm³/mol. The Morgan fingerprint density at radius 1 is 1.35 bits per heavy atom. The molecule has 0 spiro atoms. The Kier molecular flexibility index (Phi) is 3.71. The van der Waals surface area contributed by atoms with Crippen molar-refractivity contribution in [3.05, 3.63) is 34.3 Å². The van der Waals surface area contributed by atoms with Gasteiger partial charge in [0.15, 0.2) is 0 Å². The lowest BCUT2D eigenvalue weighted by atomic mass is 9.99. The van der Waals surface area contributed by atoms with Gasteiger partial charge in [0.2, 0.25) is 0 Å². The topological polar surface area (TPSA) is 73.3 Å². The average Bonchev–Trinajstić information content (AvgIpc) is 2.63. The Labute approximate surface area is 124 Å². The second kappa shape index (κ2) is 5.35. The van der Waals surface area contributed by atoms with Gasteiger partial charge in [0.05, 0.1) is 6.10 Å². The first-order chi connectivity index (χ1) is 9.54. The monoisotopic (exact) mass is 293 g/mol. The van der Waals surface area contributed by atoms with E-state index in [9.17, 15) is 5.11 Å². The molecule has 1 aromatic rings. The normalized spacial score (nSPS) is 29.6. The molecule has 0 radical (unpaired) electrons. The smallest absolute Gasteiger partial charge is 0.122 e. The predicted octanol–water partition coefficient (Wildman–Crippen LogP) is 2.11. The van der Waals surface area contributed by atoms with Crippen molar-refractivity contribution in [2.24, 2.45) is 5.73 Å². The quantitative estimate of drug-likeness (QED) is 0.590. The van der Waals surface area contributed by atoms with E-state index in [2.05, 4.69) is 4.90 Å². The SMILES string of the molecule is N=C(N)c1ccc(CN2C3CCC2CC(O)C3)c(Cl)c1. The van der Waals surface area contributed by atoms with Crippen LogP contribution in [0, 0.1) is 5.41 Å². The van der Waals surface area contributed by atoms with E-state index in [1.807, 2.05) is 12.1 Å². The van der Waals surface area contributed by atoms with Crippen molar-refractivity contribution in [1.82, 2.24) is 4.90 Å². The Hall–Kier alpha value is -1.10. The molecule has 1 aromatic carbocycles. The highest BCUT2D eigenvalue weighted by Crippen LogP contribution is 2.37. The van der Waals surface area contributed by atoms with E-state index in [1.165, 1.54) is 12.8 Å². The second-order valence-electron chi connectivity index (χ2n) is 5.90. The number of aliphatic hydroxyl groups excluding tert-OH is 1. The van der Waals surface area contributed by atoms with Gasteiger partial charge in [-0.05, 0) is 37.3 Å². The van der Waals surface area contributed by atoms with Gasteiger partial charge in [-0.3, -0.25) is 10.3 Å². The van der Waals surface area contributed by atoms with Gasteiger partial charge in [-0.2, -0.15) is 0 Å². The highest BCUT2D eigenvalue weighted by atomic mass is 35.5. The van der Waals surface area contributed by atoms with Crippen LogP contribution in [-0.4, -0.2) is 34.0 Å². The third-order valence-electron chi connectivity index (χ3n) is 4.58. The van der Waals surface area contributed by atoms with Gasteiger partial charge in [-0.1, -0.05) is 23.7 Å². The Morgan fingerprint density at radius 3 is 2.55 bits per heavy atom. The molecule has 0 aliphatic carbocycles. The molecule has 2 unspecified atom stereocenters. The lowest BCUT2D eigenvalue weighted by Crippen LogP contribution is -2.44. The van der Waals surface area contributed by atoms with Crippen LogP contribution in [0.3, 0.4) is 0 Å². The van der Waals surface area contributed by atoms with E-state index in [0.29, 0.717) is 22.7 Å². The van der Waals surface area contributed by atoms with Gasteiger partial charge in [-0.15, -0.1) is 0 Å². The van der Waals surface area contributed by atoms with E-state index >= 15 is 0 Å². The number of nitrogens with two attached hydrogens (primary N) is 1. The minimum absolute atomic E-state index is 0.0413. The summed E-state index contributed by atoms with van der Waals surface area (Å²) in [7, 11) is 0. The van der Waals surface area contributed by atoms with Crippen LogP contribution in [0.1, 0.15) is 36.8 Å². The summed E-state index contributed by atoms with van der Waals surface area (Å²) < 4.78 is 0. The fraction of sp³-hybridized carbons (Fsp3) is 0.533. The molecule has 5 heteroatoms. The van der Waals surface area contributed by atoms with Crippen molar-refractivity contribution in [3.63, 3.8) is 0 Å². The van der Waals surface area contributed by atoms with Gasteiger partial charge in [0, 0.05) is 29.2 Å². The van der Waals surface area contributed by atoms with Crippen molar-refractivity contribution in [1.29, 1.82) is 5.41 Å². The number of piperidine rings is 1. The molecule has 108 valence electrons. The number of nitrogen functional groups attached to an aromatic ring is 1. The maximum atomic E-state index is 9.84. The number of amidine groups is 1. The van der Waals surface area contributed by atoms with E-state index in [-0.39, 0.29) is 11.9 Å². The van der Waals surface area contributed by atoms with E-state index < -0.39 is 0 Å². The molecular weight excluding hydrogens is 274 g/mol. The fourth-order valence-corrected chi connectivity index (χ4v) is 3.78. The van der Waals surface area contributed by atoms with Crippen molar-refractivity contribution in [3.8, 4) is 0 Å². The Bertz CT molecular complexity index is 520. The molecule has 2 heterocycles. The van der Waals surface area contributed by atoms with Crippen molar-refractivity contribution in [2.75, 3.05) is 0 Å². The summed E-state index contributed by atoms with van der Waals surface area (Å²) in [5.74, 6) is 0.0413. The van der Waals surface area contributed by atoms with Gasteiger partial charge >= 0.3 is 0 Å². The number of halogens is 1. The number of nitrogens with zero attached hydrogens (tertiary/aromatic N) is 1. The van der Waals surface area contributed by atoms with Crippen molar-refractivity contribution in [2.45, 2.75) is 50.4 Å². The summed E-state index contributed by atoms with van der Waals surface area (Å²) in [5.41, 5.74) is 7.21. The van der Waals surface area contributed by atoms with Crippen molar-refractivity contribution < 1.29 is 5.11 Å². The molecule has 0 saturated carbocycles. The van der Waals surface area contributed by atoms with Crippen LogP contribution >= 0.6 is 11.6 Å². The molecule has 2 aliphatic rings. The van der Waals surface area contributed by atoms with Gasteiger partial charge in [0.1, 0.15) is 5.84 Å². The maximum absolute atomic E-state index is 9.84. The number of benzene rings is 1. The second-order valence-corrected chi connectivity index (χ2v) is 6.31. The number of fused-ring (bicyclic) bond motifs is 2. The average molecular weight is 294 g/mol. The van der Waals surface area contributed by atoms with Crippen LogP contribution in [0.15, 0.2) is 18.2 Å². The molecule has 2 bridgehead atoms. The minimum atomic E-state index is -0.140. The summed E-state index contributed by atoms with van der Waals surface area (Å²) >= 11 is 6.31. The van der Waals surface area contributed by atoms with E-state index in [0.717, 1.165) is 24.9 Å². The molecular formula is C15H20ClN3O. The molecule has 4 nitrogen and oxygen atoms in total. The van der Waals surface area contributed by atoms with E-state index in [1.54, 1.807) is 6.07 Å². The first-order valence-corrected chi connectivity index (χ1v) is 7.49. The fourth-order valence-electron chi connectivity index (χ4n) is 3.54. The third-order valence-corrected chi connectivity index (χ3v) is 4.93. The van der Waals surface area contributed by atoms with E-state index in [4.69, 9.17) is 22.7 Å². The van der Waals surface area contributed by atoms with Crippen molar-refractivity contribution >= 4 is 17.4 Å². The summed E-state index contributed by atoms with van der Waals surface area (Å²) in [4.78, 5) is 2.47. The summed E-state index contributed by atoms with van der Waals surface area (Å²) in [6, 6.07) is 6.54. The van der Waals surface area contributed by atoms with Crippen LogP contribution in [-0.2, 0) is 6.54 Å². The highest BCUT2D eigenvalue weighted by Gasteiger charge is 2.40. The van der Waals surface area contributed by atoms with Gasteiger partial charge in [0.25, 0.3) is 0 Å². The van der Waals surface area contributed by atoms with Gasteiger partial charge in [-0.25, -0.2) is 0 Å². The summed E-state index contributed by atoms with van der Waals surface area (Å²) in [6.07, 6.45) is 3.95. The Balaban J connectivity index is 1.77. The van der Waals surface area contributed by atoms with Crippen LogP contribution in [0.4, 0.5) is 0 Å². The van der Waals surface area contributed by atoms with Crippen LogP contribution in [0.2, 0.25) is 5.02 Å². The largest absolute Gasteiger partial charge is 0.393 e. The standard InChI is InChI=1S/C15H20ClN3O/c16-14-5-9(15(17)18)1-2-10(14)8-19-11-3-4-12(19)7-13(20)6-11/h1-2,5,11-13,20H,3-4,6-8H2,(H3,17,18). The van der Waals surface area contributed by atoms with Gasteiger partial charge < -0.3 is 10.8 Å². The number of hydrogen-bond donors (Lipinski definition) is 3. The number of aliphatic hydroxyl groups is 1. The zero-order valence-electron chi connectivity index (χ0n) is 11.3. The minimum Gasteiger partial charge on any atom is -0.393 e. The molecule has 2 aliphatic heterocycles. The molecule has 4 N–H and O–H groups in total. The van der Waals surface area contributed by atoms with Crippen LogP contribution in [0.5, 0.6) is 0 Å². The number of nitrogens with one attached hydrogen (secondary N) is 1. The molecule has 0 amide bonds. The third kappa shape index (κ3) is 2.55.